The molecule has 104 valence electrons. The molecule has 1 aliphatic carbocycles. The van der Waals surface area contributed by atoms with Gasteiger partial charge in [-0.1, -0.05) is 19.8 Å². The molecule has 1 saturated carbocycles. The molecule has 1 aromatic rings. The van der Waals surface area contributed by atoms with Crippen molar-refractivity contribution >= 4 is 23.2 Å². The Labute approximate surface area is 116 Å². The Hall–Kier alpha value is -1.43. The normalized spacial score (nSPS) is 17.3. The van der Waals surface area contributed by atoms with Crippen LogP contribution in [0.3, 0.4) is 0 Å². The average Bonchev–Trinajstić information content (AvgIpc) is 3.06. The van der Waals surface area contributed by atoms with Crippen molar-refractivity contribution in [3.63, 3.8) is 0 Å². The predicted octanol–water partition coefficient (Wildman–Crippen LogP) is 2.54. The summed E-state index contributed by atoms with van der Waals surface area (Å²) in [5.74, 6) is -1.31. The van der Waals surface area contributed by atoms with Gasteiger partial charge in [-0.2, -0.15) is 0 Å². The van der Waals surface area contributed by atoms with Crippen LogP contribution in [0.5, 0.6) is 0 Å². The Morgan fingerprint density at radius 3 is 2.68 bits per heavy atom. The lowest BCUT2D eigenvalue weighted by atomic mass is 9.83. The number of aromatic carboxylic acids is 1. The van der Waals surface area contributed by atoms with Gasteiger partial charge in [0.05, 0.1) is 6.20 Å². The second-order valence-corrected chi connectivity index (χ2v) is 6.11. The van der Waals surface area contributed by atoms with Crippen molar-refractivity contribution in [3.8, 4) is 0 Å². The van der Waals surface area contributed by atoms with E-state index in [0.717, 1.165) is 30.6 Å². The standard InChI is InChI=1S/C13H18N2O3S/c1-2-13(5-3-4-6-13)8-15-10(16)9-7-14-11(19-9)12(17)18/h7H,2-6,8H2,1H3,(H,15,16)(H,17,18). The smallest absolute Gasteiger partial charge is 0.365 e. The Morgan fingerprint density at radius 1 is 1.47 bits per heavy atom. The van der Waals surface area contributed by atoms with Gasteiger partial charge in [0.2, 0.25) is 5.01 Å². The molecular weight excluding hydrogens is 264 g/mol. The number of nitrogens with zero attached hydrogens (tertiary/aromatic N) is 1. The van der Waals surface area contributed by atoms with E-state index in [9.17, 15) is 9.59 Å². The van der Waals surface area contributed by atoms with E-state index in [1.807, 2.05) is 0 Å². The largest absolute Gasteiger partial charge is 0.476 e. The summed E-state index contributed by atoms with van der Waals surface area (Å²) in [7, 11) is 0. The number of hydrogen-bond acceptors (Lipinski definition) is 4. The molecule has 0 bridgehead atoms. The first-order valence-electron chi connectivity index (χ1n) is 6.54. The van der Waals surface area contributed by atoms with E-state index >= 15 is 0 Å². The number of carbonyl (C=O) groups excluding carboxylic acids is 1. The number of amides is 1. The molecule has 0 atom stereocenters. The first-order valence-corrected chi connectivity index (χ1v) is 7.35. The molecule has 1 fully saturated rings. The number of aromatic nitrogens is 1. The van der Waals surface area contributed by atoms with Gasteiger partial charge in [0, 0.05) is 6.54 Å². The fourth-order valence-electron chi connectivity index (χ4n) is 2.61. The van der Waals surface area contributed by atoms with Gasteiger partial charge in [0.1, 0.15) is 4.88 Å². The van der Waals surface area contributed by atoms with Crippen LogP contribution < -0.4 is 5.32 Å². The van der Waals surface area contributed by atoms with E-state index in [2.05, 4.69) is 17.2 Å². The van der Waals surface area contributed by atoms with Gasteiger partial charge < -0.3 is 10.4 Å². The average molecular weight is 282 g/mol. The zero-order valence-corrected chi connectivity index (χ0v) is 11.8. The quantitative estimate of drug-likeness (QED) is 0.869. The van der Waals surface area contributed by atoms with Gasteiger partial charge in [-0.05, 0) is 24.7 Å². The van der Waals surface area contributed by atoms with E-state index in [1.165, 1.54) is 19.0 Å². The lowest BCUT2D eigenvalue weighted by molar-refractivity contribution is 0.0696. The molecule has 1 heterocycles. The van der Waals surface area contributed by atoms with Crippen LogP contribution in [0.4, 0.5) is 0 Å². The molecule has 0 saturated heterocycles. The maximum Gasteiger partial charge on any atom is 0.365 e. The van der Waals surface area contributed by atoms with Crippen molar-refractivity contribution in [2.75, 3.05) is 6.54 Å². The van der Waals surface area contributed by atoms with Crippen LogP contribution in [0, 0.1) is 5.41 Å². The van der Waals surface area contributed by atoms with Crippen molar-refractivity contribution < 1.29 is 14.7 Å². The summed E-state index contributed by atoms with van der Waals surface area (Å²) in [5, 5.41) is 11.7. The SMILES string of the molecule is CCC1(CNC(=O)c2cnc(C(=O)O)s2)CCCC1. The maximum atomic E-state index is 12.0. The third-order valence-electron chi connectivity index (χ3n) is 3.95. The minimum Gasteiger partial charge on any atom is -0.476 e. The fraction of sp³-hybridized carbons (Fsp3) is 0.615. The summed E-state index contributed by atoms with van der Waals surface area (Å²) in [6, 6.07) is 0. The second-order valence-electron chi connectivity index (χ2n) is 5.08. The minimum atomic E-state index is -1.09. The molecule has 0 aromatic carbocycles. The molecule has 0 unspecified atom stereocenters. The van der Waals surface area contributed by atoms with E-state index in [0.29, 0.717) is 11.4 Å². The number of carboxylic acid groups (broad SMARTS) is 1. The number of nitrogens with one attached hydrogen (secondary N) is 1. The van der Waals surface area contributed by atoms with Gasteiger partial charge >= 0.3 is 5.97 Å². The number of carbonyl (C=O) groups is 2. The van der Waals surface area contributed by atoms with Gasteiger partial charge in [0.15, 0.2) is 0 Å². The first-order chi connectivity index (χ1) is 9.06. The van der Waals surface area contributed by atoms with Crippen molar-refractivity contribution in [1.29, 1.82) is 0 Å². The van der Waals surface area contributed by atoms with Crippen LogP contribution in [-0.4, -0.2) is 28.5 Å². The van der Waals surface area contributed by atoms with Crippen molar-refractivity contribution in [1.82, 2.24) is 10.3 Å². The molecule has 19 heavy (non-hydrogen) atoms. The molecule has 1 aromatic heterocycles. The Balaban J connectivity index is 1.95. The van der Waals surface area contributed by atoms with Crippen LogP contribution >= 0.6 is 11.3 Å². The third kappa shape index (κ3) is 3.12. The molecule has 1 aliphatic rings. The van der Waals surface area contributed by atoms with Crippen molar-refractivity contribution in [2.24, 2.45) is 5.41 Å². The molecular formula is C13H18N2O3S. The van der Waals surface area contributed by atoms with Gasteiger partial charge in [-0.3, -0.25) is 4.79 Å². The number of hydrogen-bond donors (Lipinski definition) is 2. The second kappa shape index (κ2) is 5.69. The zero-order valence-electron chi connectivity index (χ0n) is 10.9. The summed E-state index contributed by atoms with van der Waals surface area (Å²) >= 11 is 0.915. The highest BCUT2D eigenvalue weighted by Gasteiger charge is 2.32. The highest BCUT2D eigenvalue weighted by atomic mass is 32.1. The van der Waals surface area contributed by atoms with E-state index in [1.54, 1.807) is 0 Å². The molecule has 0 radical (unpaired) electrons. The van der Waals surface area contributed by atoms with E-state index in [-0.39, 0.29) is 16.3 Å². The molecule has 5 nitrogen and oxygen atoms in total. The summed E-state index contributed by atoms with van der Waals surface area (Å²) < 4.78 is 0. The molecule has 0 aliphatic heterocycles. The van der Waals surface area contributed by atoms with Crippen LogP contribution in [0.2, 0.25) is 0 Å². The first kappa shape index (κ1) is 14.0. The molecule has 2 N–H and O–H groups in total. The Kier molecular flexibility index (Phi) is 4.19. The van der Waals surface area contributed by atoms with Crippen molar-refractivity contribution in [2.45, 2.75) is 39.0 Å². The number of carboxylic acids is 1. The number of thiazole rings is 1. The van der Waals surface area contributed by atoms with Gasteiger partial charge in [-0.25, -0.2) is 9.78 Å². The molecule has 0 spiro atoms. The van der Waals surface area contributed by atoms with Gasteiger partial charge in [-0.15, -0.1) is 11.3 Å². The Bertz CT molecular complexity index is 478. The lowest BCUT2D eigenvalue weighted by Gasteiger charge is -2.27. The van der Waals surface area contributed by atoms with E-state index in [4.69, 9.17) is 5.11 Å². The summed E-state index contributed by atoms with van der Waals surface area (Å²) in [5.41, 5.74) is 0.232. The van der Waals surface area contributed by atoms with Crippen LogP contribution in [0.15, 0.2) is 6.20 Å². The maximum absolute atomic E-state index is 12.0. The fourth-order valence-corrected chi connectivity index (χ4v) is 3.28. The topological polar surface area (TPSA) is 79.3 Å². The van der Waals surface area contributed by atoms with Crippen LogP contribution in [-0.2, 0) is 0 Å². The van der Waals surface area contributed by atoms with Crippen molar-refractivity contribution in [3.05, 3.63) is 16.1 Å². The monoisotopic (exact) mass is 282 g/mol. The molecule has 1 amide bonds. The highest BCUT2D eigenvalue weighted by molar-refractivity contribution is 7.15. The van der Waals surface area contributed by atoms with Gasteiger partial charge in [0.25, 0.3) is 5.91 Å². The lowest BCUT2D eigenvalue weighted by Crippen LogP contribution is -2.35. The third-order valence-corrected chi connectivity index (χ3v) is 4.93. The predicted molar refractivity (Wildman–Crippen MR) is 72.6 cm³/mol. The van der Waals surface area contributed by atoms with Crippen LogP contribution in [0.1, 0.15) is 58.5 Å². The minimum absolute atomic E-state index is 0.0452. The zero-order chi connectivity index (χ0) is 13.9. The molecule has 2 rings (SSSR count). The Morgan fingerprint density at radius 2 is 2.16 bits per heavy atom. The van der Waals surface area contributed by atoms with Crippen LogP contribution in [0.25, 0.3) is 0 Å². The van der Waals surface area contributed by atoms with E-state index < -0.39 is 5.97 Å². The summed E-state index contributed by atoms with van der Waals surface area (Å²) in [6.45, 7) is 2.83. The summed E-state index contributed by atoms with van der Waals surface area (Å²) in [6.07, 6.45) is 7.17. The summed E-state index contributed by atoms with van der Waals surface area (Å²) in [4.78, 5) is 26.8. The highest BCUT2D eigenvalue weighted by Crippen LogP contribution is 2.40. The molecule has 6 heteroatoms. The number of rotatable bonds is 5.